The van der Waals surface area contributed by atoms with E-state index in [1.165, 1.54) is 12.1 Å². The van der Waals surface area contributed by atoms with Crippen LogP contribution in [0.2, 0.25) is 5.02 Å². The third-order valence-electron chi connectivity index (χ3n) is 7.32. The number of benzene rings is 3. The molecule has 6 nitrogen and oxygen atoms in total. The molecule has 1 aromatic heterocycles. The molecule has 0 radical (unpaired) electrons. The highest BCUT2D eigenvalue weighted by molar-refractivity contribution is 6.31. The summed E-state index contributed by atoms with van der Waals surface area (Å²) in [5, 5.41) is 1.72. The second kappa shape index (κ2) is 11.7. The van der Waals surface area contributed by atoms with Crippen LogP contribution in [0.25, 0.3) is 22.0 Å². The topological polar surface area (TPSA) is 80.5 Å². The first-order chi connectivity index (χ1) is 18.4. The Morgan fingerprint density at radius 2 is 1.68 bits per heavy atom. The molecule has 1 aliphatic rings. The fraction of sp³-hybridized carbons (Fsp3) is 0.300. The molecule has 3 aromatic carbocycles. The number of carbonyl (C=O) groups is 1. The monoisotopic (exact) mass is 533 g/mol. The van der Waals surface area contributed by atoms with E-state index < -0.39 is 11.7 Å². The molecule has 1 saturated heterocycles. The molecule has 0 bridgehead atoms. The zero-order chi connectivity index (χ0) is 26.6. The fourth-order valence-electron chi connectivity index (χ4n) is 5.32. The third-order valence-corrected chi connectivity index (χ3v) is 7.69. The molecule has 2 heterocycles. The molecule has 0 saturated carbocycles. The number of amides is 1. The first kappa shape index (κ1) is 26.4. The van der Waals surface area contributed by atoms with Gasteiger partial charge in [-0.25, -0.2) is 4.39 Å². The van der Waals surface area contributed by atoms with Gasteiger partial charge in [0.2, 0.25) is 5.91 Å². The molecule has 0 spiro atoms. The number of aryl methyl sites for hydroxylation is 1. The summed E-state index contributed by atoms with van der Waals surface area (Å²) in [7, 11) is 0. The van der Waals surface area contributed by atoms with Crippen molar-refractivity contribution in [3.8, 4) is 11.1 Å². The van der Waals surface area contributed by atoms with Crippen LogP contribution < -0.4 is 11.5 Å². The second-order valence-corrected chi connectivity index (χ2v) is 10.3. The van der Waals surface area contributed by atoms with Crippen LogP contribution in [0.15, 0.2) is 66.9 Å². The van der Waals surface area contributed by atoms with Crippen molar-refractivity contribution < 1.29 is 9.18 Å². The number of hydrogen-bond donors (Lipinski definition) is 2. The summed E-state index contributed by atoms with van der Waals surface area (Å²) in [6, 6.07) is 18.8. The van der Waals surface area contributed by atoms with Crippen LogP contribution in [-0.4, -0.2) is 53.0 Å². The molecule has 198 valence electrons. The van der Waals surface area contributed by atoms with Gasteiger partial charge in [-0.05, 0) is 54.4 Å². The number of aromatic nitrogens is 1. The predicted octanol–water partition coefficient (Wildman–Crippen LogP) is 4.87. The minimum Gasteiger partial charge on any atom is -0.366 e. The molecule has 1 amide bonds. The average molecular weight is 534 g/mol. The van der Waals surface area contributed by atoms with Crippen molar-refractivity contribution in [1.29, 1.82) is 0 Å². The number of nitrogens with two attached hydrogens (primary N) is 2. The summed E-state index contributed by atoms with van der Waals surface area (Å²) in [6.07, 6.45) is 2.71. The first-order valence-corrected chi connectivity index (χ1v) is 13.4. The highest BCUT2D eigenvalue weighted by Gasteiger charge is 2.21. The van der Waals surface area contributed by atoms with Gasteiger partial charge in [-0.2, -0.15) is 0 Å². The van der Waals surface area contributed by atoms with E-state index >= 15 is 4.39 Å². The predicted molar refractivity (Wildman–Crippen MR) is 152 cm³/mol. The van der Waals surface area contributed by atoms with Crippen LogP contribution in [0.3, 0.4) is 0 Å². The van der Waals surface area contributed by atoms with Crippen LogP contribution in [0.4, 0.5) is 4.39 Å². The van der Waals surface area contributed by atoms with Gasteiger partial charge in [0.05, 0.1) is 0 Å². The standard InChI is InChI=1S/C30H33ClFN5O/c31-26-7-2-1-5-22(26)19-36-15-13-35(14-16-36)18-21-9-10-28-24(17-21)25(20-37(28)12-4-11-33)29-23(30(34)38)6-3-8-27(29)32/h1-3,5-10,17,20H,4,11-16,18-19,33H2,(H2,34,38). The van der Waals surface area contributed by atoms with E-state index in [9.17, 15) is 4.79 Å². The van der Waals surface area contributed by atoms with Crippen molar-refractivity contribution in [2.45, 2.75) is 26.1 Å². The minimum atomic E-state index is -0.645. The maximum atomic E-state index is 15.1. The van der Waals surface area contributed by atoms with Crippen molar-refractivity contribution in [1.82, 2.24) is 14.4 Å². The number of piperazine rings is 1. The van der Waals surface area contributed by atoms with Crippen LogP contribution in [0.1, 0.15) is 27.9 Å². The number of fused-ring (bicyclic) bond motifs is 1. The van der Waals surface area contributed by atoms with Crippen molar-refractivity contribution in [2.24, 2.45) is 11.5 Å². The SMILES string of the molecule is NCCCn1cc(-c2c(F)cccc2C(N)=O)c2cc(CN3CCN(Cc4ccccc4Cl)CC3)ccc21. The highest BCUT2D eigenvalue weighted by Crippen LogP contribution is 2.35. The van der Waals surface area contributed by atoms with Crippen LogP contribution in [-0.2, 0) is 19.6 Å². The zero-order valence-corrected chi connectivity index (χ0v) is 22.1. The maximum Gasteiger partial charge on any atom is 0.249 e. The normalized spacial score (nSPS) is 14.8. The summed E-state index contributed by atoms with van der Waals surface area (Å²) in [5.41, 5.74) is 15.8. The van der Waals surface area contributed by atoms with Crippen molar-refractivity contribution in [3.63, 3.8) is 0 Å². The van der Waals surface area contributed by atoms with Gasteiger partial charge in [-0.1, -0.05) is 41.9 Å². The number of hydrogen-bond acceptors (Lipinski definition) is 4. The minimum absolute atomic E-state index is 0.183. The molecule has 1 aliphatic heterocycles. The van der Waals surface area contributed by atoms with Gasteiger partial charge < -0.3 is 16.0 Å². The van der Waals surface area contributed by atoms with E-state index in [4.69, 9.17) is 23.1 Å². The van der Waals surface area contributed by atoms with E-state index in [1.807, 2.05) is 24.4 Å². The van der Waals surface area contributed by atoms with Crippen molar-refractivity contribution in [2.75, 3.05) is 32.7 Å². The Kier molecular flexibility index (Phi) is 8.09. The van der Waals surface area contributed by atoms with E-state index in [0.29, 0.717) is 18.7 Å². The lowest BCUT2D eigenvalue weighted by Crippen LogP contribution is -2.45. The van der Waals surface area contributed by atoms with Crippen molar-refractivity contribution in [3.05, 3.63) is 94.4 Å². The molecule has 5 rings (SSSR count). The summed E-state index contributed by atoms with van der Waals surface area (Å²) < 4.78 is 17.2. The smallest absolute Gasteiger partial charge is 0.249 e. The molecule has 0 atom stereocenters. The first-order valence-electron chi connectivity index (χ1n) is 13.0. The zero-order valence-electron chi connectivity index (χ0n) is 21.4. The Morgan fingerprint density at radius 1 is 0.947 bits per heavy atom. The van der Waals surface area contributed by atoms with Gasteiger partial charge in [-0.3, -0.25) is 14.6 Å². The Balaban J connectivity index is 1.39. The lowest BCUT2D eigenvalue weighted by atomic mass is 9.97. The van der Waals surface area contributed by atoms with Crippen LogP contribution in [0.5, 0.6) is 0 Å². The molecule has 0 aliphatic carbocycles. The Morgan fingerprint density at radius 3 is 2.39 bits per heavy atom. The summed E-state index contributed by atoms with van der Waals surface area (Å²) in [4.78, 5) is 17.0. The quantitative estimate of drug-likeness (QED) is 0.322. The molecule has 0 unspecified atom stereocenters. The maximum absolute atomic E-state index is 15.1. The Labute approximate surface area is 227 Å². The summed E-state index contributed by atoms with van der Waals surface area (Å²) in [5.74, 6) is -1.10. The van der Waals surface area contributed by atoms with Gasteiger partial charge in [0.1, 0.15) is 5.82 Å². The average Bonchev–Trinajstić information content (AvgIpc) is 3.27. The lowest BCUT2D eigenvalue weighted by molar-refractivity contribution is 0.100. The number of carbonyl (C=O) groups excluding carboxylic acids is 1. The number of halogens is 2. The molecule has 4 N–H and O–H groups in total. The Hall–Kier alpha value is -3.23. The summed E-state index contributed by atoms with van der Waals surface area (Å²) >= 11 is 6.36. The van der Waals surface area contributed by atoms with E-state index in [0.717, 1.165) is 72.7 Å². The van der Waals surface area contributed by atoms with Gasteiger partial charge in [0.25, 0.3) is 0 Å². The lowest BCUT2D eigenvalue weighted by Gasteiger charge is -2.35. The number of rotatable bonds is 9. The van der Waals surface area contributed by atoms with Crippen LogP contribution in [0, 0.1) is 5.82 Å². The van der Waals surface area contributed by atoms with Gasteiger partial charge in [0.15, 0.2) is 0 Å². The number of nitrogens with zero attached hydrogens (tertiary/aromatic N) is 3. The van der Waals surface area contributed by atoms with E-state index in [1.54, 1.807) is 6.07 Å². The molecular weight excluding hydrogens is 501 g/mol. The third kappa shape index (κ3) is 5.61. The van der Waals surface area contributed by atoms with Gasteiger partial charge in [-0.15, -0.1) is 0 Å². The van der Waals surface area contributed by atoms with Gasteiger partial charge in [0, 0.05) is 84.6 Å². The van der Waals surface area contributed by atoms with Crippen LogP contribution >= 0.6 is 11.6 Å². The van der Waals surface area contributed by atoms with Gasteiger partial charge >= 0.3 is 0 Å². The molecule has 4 aromatic rings. The number of primary amides is 1. The molecular formula is C30H33ClFN5O. The van der Waals surface area contributed by atoms with Crippen molar-refractivity contribution >= 4 is 28.4 Å². The summed E-state index contributed by atoms with van der Waals surface area (Å²) in [6.45, 7) is 6.74. The molecule has 1 fully saturated rings. The molecule has 8 heteroatoms. The Bertz CT molecular complexity index is 1440. The fourth-order valence-corrected chi connectivity index (χ4v) is 5.52. The van der Waals surface area contributed by atoms with E-state index in [-0.39, 0.29) is 11.1 Å². The highest BCUT2D eigenvalue weighted by atomic mass is 35.5. The second-order valence-electron chi connectivity index (χ2n) is 9.90. The molecule has 38 heavy (non-hydrogen) atoms. The largest absolute Gasteiger partial charge is 0.366 e. The van der Waals surface area contributed by atoms with E-state index in [2.05, 4.69) is 38.6 Å².